The van der Waals surface area contributed by atoms with Crippen LogP contribution in [0.5, 0.6) is 0 Å². The van der Waals surface area contributed by atoms with Crippen LogP contribution in [0.25, 0.3) is 0 Å². The molecule has 3 nitrogen and oxygen atoms in total. The fourth-order valence-corrected chi connectivity index (χ4v) is 2.68. The zero-order valence-electron chi connectivity index (χ0n) is 11.5. The molecule has 1 aliphatic carbocycles. The molecule has 0 saturated heterocycles. The lowest BCUT2D eigenvalue weighted by Crippen LogP contribution is -2.46. The number of hydrogen-bond acceptors (Lipinski definition) is 3. The number of esters is 1. The maximum atomic E-state index is 11.7. The lowest BCUT2D eigenvalue weighted by Gasteiger charge is -2.30. The van der Waals surface area contributed by atoms with Gasteiger partial charge in [0.05, 0.1) is 6.61 Å². The molecular weight excluding hydrogens is 214 g/mol. The summed E-state index contributed by atoms with van der Waals surface area (Å²) in [7, 11) is 0. The Bertz CT molecular complexity index is 224. The minimum Gasteiger partial charge on any atom is -0.465 e. The average molecular weight is 241 g/mol. The van der Waals surface area contributed by atoms with Gasteiger partial charge in [0.1, 0.15) is 6.04 Å². The van der Waals surface area contributed by atoms with E-state index < -0.39 is 0 Å². The number of rotatable bonds is 6. The number of carbonyl (C=O) groups is 1. The zero-order valence-corrected chi connectivity index (χ0v) is 11.5. The van der Waals surface area contributed by atoms with Crippen LogP contribution in [0.1, 0.15) is 59.3 Å². The molecule has 0 amide bonds. The van der Waals surface area contributed by atoms with Gasteiger partial charge in [-0.2, -0.15) is 0 Å². The number of ether oxygens (including phenoxy) is 1. The molecule has 17 heavy (non-hydrogen) atoms. The summed E-state index contributed by atoms with van der Waals surface area (Å²) in [6, 6.07) is 0.288. The summed E-state index contributed by atoms with van der Waals surface area (Å²) in [6.45, 7) is 6.56. The Hall–Kier alpha value is -0.570. The largest absolute Gasteiger partial charge is 0.465 e. The van der Waals surface area contributed by atoms with Crippen LogP contribution in [0, 0.1) is 5.92 Å². The Morgan fingerprint density at radius 3 is 2.47 bits per heavy atom. The molecule has 3 heteroatoms. The molecule has 0 spiro atoms. The van der Waals surface area contributed by atoms with Gasteiger partial charge in [-0.05, 0) is 39.0 Å². The van der Waals surface area contributed by atoms with Crippen molar-refractivity contribution in [2.75, 3.05) is 6.61 Å². The summed E-state index contributed by atoms with van der Waals surface area (Å²) >= 11 is 0. The summed E-state index contributed by atoms with van der Waals surface area (Å²) in [5.74, 6) is 0.630. The quantitative estimate of drug-likeness (QED) is 0.727. The third-order valence-corrected chi connectivity index (χ3v) is 3.80. The van der Waals surface area contributed by atoms with E-state index in [1.807, 2.05) is 13.8 Å². The molecular formula is C14H27NO2. The van der Waals surface area contributed by atoms with Gasteiger partial charge in [-0.1, -0.05) is 26.2 Å². The molecule has 1 saturated carbocycles. The van der Waals surface area contributed by atoms with Gasteiger partial charge in [0.2, 0.25) is 0 Å². The predicted octanol–water partition coefficient (Wildman–Crippen LogP) is 2.89. The van der Waals surface area contributed by atoms with E-state index in [1.54, 1.807) is 0 Å². The Kier molecular flexibility index (Phi) is 6.56. The topological polar surface area (TPSA) is 38.3 Å². The lowest BCUT2D eigenvalue weighted by atomic mass is 9.84. The molecule has 0 aromatic rings. The summed E-state index contributed by atoms with van der Waals surface area (Å²) in [6.07, 6.45) is 7.45. The van der Waals surface area contributed by atoms with Crippen LogP contribution in [0.3, 0.4) is 0 Å². The lowest BCUT2D eigenvalue weighted by molar-refractivity contribution is -0.146. The van der Waals surface area contributed by atoms with E-state index in [-0.39, 0.29) is 12.0 Å². The van der Waals surface area contributed by atoms with Crippen molar-refractivity contribution in [2.24, 2.45) is 5.92 Å². The van der Waals surface area contributed by atoms with E-state index in [2.05, 4.69) is 12.2 Å². The molecule has 1 unspecified atom stereocenters. The fourth-order valence-electron chi connectivity index (χ4n) is 2.68. The zero-order chi connectivity index (χ0) is 12.7. The number of nitrogens with one attached hydrogen (secondary N) is 1. The third-order valence-electron chi connectivity index (χ3n) is 3.80. The van der Waals surface area contributed by atoms with Crippen molar-refractivity contribution in [3.63, 3.8) is 0 Å². The van der Waals surface area contributed by atoms with Gasteiger partial charge < -0.3 is 10.1 Å². The van der Waals surface area contributed by atoms with E-state index in [0.29, 0.717) is 12.6 Å². The highest BCUT2D eigenvalue weighted by Gasteiger charge is 2.25. The summed E-state index contributed by atoms with van der Waals surface area (Å²) < 4.78 is 5.08. The first kappa shape index (κ1) is 14.5. The molecule has 0 aromatic heterocycles. The molecule has 1 aliphatic rings. The second kappa shape index (κ2) is 7.70. The molecule has 1 N–H and O–H groups in total. The highest BCUT2D eigenvalue weighted by atomic mass is 16.5. The van der Waals surface area contributed by atoms with Crippen LogP contribution in [-0.4, -0.2) is 24.7 Å². The van der Waals surface area contributed by atoms with Crippen molar-refractivity contribution in [3.05, 3.63) is 0 Å². The second-order valence-corrected chi connectivity index (χ2v) is 5.07. The summed E-state index contributed by atoms with van der Waals surface area (Å²) in [4.78, 5) is 11.7. The fraction of sp³-hybridized carbons (Fsp3) is 0.929. The van der Waals surface area contributed by atoms with Gasteiger partial charge >= 0.3 is 5.97 Å². The van der Waals surface area contributed by atoms with Gasteiger partial charge in [-0.25, -0.2) is 0 Å². The molecule has 0 aliphatic heterocycles. The first-order valence-electron chi connectivity index (χ1n) is 7.11. The van der Waals surface area contributed by atoms with E-state index in [1.165, 1.54) is 32.1 Å². The molecule has 1 fully saturated rings. The molecule has 0 heterocycles. The van der Waals surface area contributed by atoms with E-state index in [9.17, 15) is 4.79 Å². The third kappa shape index (κ3) is 4.66. The smallest absolute Gasteiger partial charge is 0.323 e. The molecule has 100 valence electrons. The highest BCUT2D eigenvalue weighted by Crippen LogP contribution is 2.26. The van der Waals surface area contributed by atoms with Crippen LogP contribution < -0.4 is 5.32 Å². The molecule has 2 atom stereocenters. The second-order valence-electron chi connectivity index (χ2n) is 5.07. The Labute approximate surface area is 105 Å². The molecule has 0 aromatic carbocycles. The average Bonchev–Trinajstić information content (AvgIpc) is 2.37. The maximum absolute atomic E-state index is 11.7. The van der Waals surface area contributed by atoms with E-state index in [0.717, 1.165) is 12.3 Å². The minimum absolute atomic E-state index is 0.0994. The molecule has 1 rings (SSSR count). The Morgan fingerprint density at radius 2 is 1.94 bits per heavy atom. The van der Waals surface area contributed by atoms with Crippen molar-refractivity contribution < 1.29 is 9.53 Å². The monoisotopic (exact) mass is 241 g/mol. The maximum Gasteiger partial charge on any atom is 0.323 e. The van der Waals surface area contributed by atoms with Crippen molar-refractivity contribution in [1.29, 1.82) is 0 Å². The van der Waals surface area contributed by atoms with Crippen LogP contribution in [-0.2, 0) is 9.53 Å². The van der Waals surface area contributed by atoms with E-state index >= 15 is 0 Å². The van der Waals surface area contributed by atoms with Crippen LogP contribution >= 0.6 is 0 Å². The van der Waals surface area contributed by atoms with Crippen LogP contribution in [0.4, 0.5) is 0 Å². The first-order chi connectivity index (χ1) is 8.19. The van der Waals surface area contributed by atoms with Gasteiger partial charge in [0.15, 0.2) is 0 Å². The van der Waals surface area contributed by atoms with Crippen molar-refractivity contribution in [3.8, 4) is 0 Å². The normalized spacial score (nSPS) is 20.9. The molecule has 0 bridgehead atoms. The highest BCUT2D eigenvalue weighted by molar-refractivity contribution is 5.75. The van der Waals surface area contributed by atoms with Gasteiger partial charge in [0.25, 0.3) is 0 Å². The summed E-state index contributed by atoms with van der Waals surface area (Å²) in [5, 5.41) is 3.45. The van der Waals surface area contributed by atoms with Gasteiger partial charge in [-0.15, -0.1) is 0 Å². The number of hydrogen-bond donors (Lipinski definition) is 1. The number of carbonyl (C=O) groups excluding carboxylic acids is 1. The van der Waals surface area contributed by atoms with Gasteiger partial charge in [-0.3, -0.25) is 4.79 Å². The van der Waals surface area contributed by atoms with Crippen LogP contribution in [0.15, 0.2) is 0 Å². The summed E-state index contributed by atoms with van der Waals surface area (Å²) in [5.41, 5.74) is 0. The SMILES string of the molecule is CCOC(=O)C(CC)N[C@@H](C)C1CCCCC1. The minimum atomic E-state index is -0.133. The standard InChI is InChI=1S/C14H27NO2/c1-4-13(14(16)17-5-2)15-11(3)12-9-7-6-8-10-12/h11-13,15H,4-10H2,1-3H3/t11-,13?/m0/s1. The van der Waals surface area contributed by atoms with Crippen LogP contribution in [0.2, 0.25) is 0 Å². The Balaban J connectivity index is 2.40. The van der Waals surface area contributed by atoms with Crippen molar-refractivity contribution in [1.82, 2.24) is 5.32 Å². The molecule has 0 radical (unpaired) electrons. The van der Waals surface area contributed by atoms with Gasteiger partial charge in [0, 0.05) is 6.04 Å². The van der Waals surface area contributed by atoms with Crippen molar-refractivity contribution in [2.45, 2.75) is 71.4 Å². The Morgan fingerprint density at radius 1 is 1.29 bits per heavy atom. The van der Waals surface area contributed by atoms with Crippen molar-refractivity contribution >= 4 is 5.97 Å². The van der Waals surface area contributed by atoms with E-state index in [4.69, 9.17) is 4.74 Å². The predicted molar refractivity (Wildman–Crippen MR) is 69.9 cm³/mol. The first-order valence-corrected chi connectivity index (χ1v) is 7.11.